The molecule has 0 aliphatic rings. The zero-order valence-electron chi connectivity index (χ0n) is 47.4. The molecule has 0 aliphatic heterocycles. The Kier molecular flexibility index (Phi) is 58.9. The van der Waals surface area contributed by atoms with Crippen LogP contribution in [0.4, 0.5) is 0 Å². The number of carbonyl (C=O) groups excluding carboxylic acids is 3. The lowest BCUT2D eigenvalue weighted by Crippen LogP contribution is -2.30. The summed E-state index contributed by atoms with van der Waals surface area (Å²) in [5, 5.41) is 0. The van der Waals surface area contributed by atoms with E-state index in [0.717, 1.165) is 38.5 Å². The largest absolute Gasteiger partial charge is 0.462 e. The van der Waals surface area contributed by atoms with Crippen molar-refractivity contribution >= 4 is 17.9 Å². The van der Waals surface area contributed by atoms with Gasteiger partial charge in [0.1, 0.15) is 13.2 Å². The quantitative estimate of drug-likeness (QED) is 0.0246. The maximum atomic E-state index is 12.8. The van der Waals surface area contributed by atoms with Gasteiger partial charge in [0, 0.05) is 18.4 Å². The fourth-order valence-electron chi connectivity index (χ4n) is 7.97. The van der Waals surface area contributed by atoms with Crippen LogP contribution in [0.2, 0.25) is 0 Å². The second-order valence-electron chi connectivity index (χ2n) is 19.5. The molecule has 0 aliphatic carbocycles. The first-order chi connectivity index (χ1) is 35.9. The van der Waals surface area contributed by atoms with Crippen molar-refractivity contribution in [2.75, 3.05) is 119 Å². The van der Waals surface area contributed by atoms with Crippen LogP contribution in [0.3, 0.4) is 0 Å². The number of esters is 3. The van der Waals surface area contributed by atoms with E-state index in [1.165, 1.54) is 154 Å². The van der Waals surface area contributed by atoms with Crippen molar-refractivity contribution in [3.63, 3.8) is 0 Å². The zero-order valence-corrected chi connectivity index (χ0v) is 47.4. The van der Waals surface area contributed by atoms with E-state index in [1.807, 2.05) is 0 Å². The van der Waals surface area contributed by atoms with Crippen LogP contribution in [-0.4, -0.2) is 143 Å². The number of unbranched alkanes of at least 4 members (excludes halogenated alkanes) is 28. The Bertz CT molecular complexity index is 1170. The van der Waals surface area contributed by atoms with Gasteiger partial charge in [0.05, 0.1) is 106 Å². The highest BCUT2D eigenvalue weighted by Gasteiger charge is 2.18. The molecule has 0 heterocycles. The molecule has 1 unspecified atom stereocenters. The standard InChI is InChI=1S/C59H112O14/c1-5-7-9-11-13-15-17-19-21-23-25-27-29-31-33-35-57(60)72-54-56(73-58(61)36-34-32-30-28-26-24-22-20-18-16-14-12-10-8-6-2)53-70-50-49-68-46-45-66-42-41-64-38-37-63-39-40-65-43-44-67-47-48-69-51-52-71-59(62)55(3)4/h56H,3,5-54H2,1-2,4H3. The molecular weight excluding hydrogens is 933 g/mol. The normalized spacial score (nSPS) is 11.8. The first-order valence-corrected chi connectivity index (χ1v) is 29.7. The number of ether oxygens (including phenoxy) is 11. The second-order valence-corrected chi connectivity index (χ2v) is 19.5. The minimum absolute atomic E-state index is 0.00509. The SMILES string of the molecule is C=C(C)C(=O)OCCOCCOCCOCCOCCOCCOCCOCCOCC(COC(=O)CCCCCCCCCCCCCCCCC)OC(=O)CCCCCCCCCCCCCCCCC. The van der Waals surface area contributed by atoms with E-state index in [1.54, 1.807) is 6.92 Å². The average Bonchev–Trinajstić information content (AvgIpc) is 3.38. The number of hydrogen-bond acceptors (Lipinski definition) is 14. The van der Waals surface area contributed by atoms with Crippen molar-refractivity contribution in [1.29, 1.82) is 0 Å². The third-order valence-electron chi connectivity index (χ3n) is 12.4. The monoisotopic (exact) mass is 1040 g/mol. The molecule has 14 heteroatoms. The molecular formula is C59H112O14. The van der Waals surface area contributed by atoms with Crippen LogP contribution >= 0.6 is 0 Å². The topological polar surface area (TPSA) is 153 Å². The molecule has 0 saturated carbocycles. The summed E-state index contributed by atoms with van der Waals surface area (Å²) in [4.78, 5) is 36.7. The lowest BCUT2D eigenvalue weighted by atomic mass is 10.0. The summed E-state index contributed by atoms with van der Waals surface area (Å²) in [6, 6.07) is 0. The maximum Gasteiger partial charge on any atom is 0.333 e. The molecule has 0 rings (SSSR count). The third kappa shape index (κ3) is 58.9. The van der Waals surface area contributed by atoms with Gasteiger partial charge in [-0.15, -0.1) is 0 Å². The van der Waals surface area contributed by atoms with Gasteiger partial charge in [0.25, 0.3) is 0 Å². The van der Waals surface area contributed by atoms with Crippen molar-refractivity contribution in [1.82, 2.24) is 0 Å². The fourth-order valence-corrected chi connectivity index (χ4v) is 7.97. The van der Waals surface area contributed by atoms with Crippen molar-refractivity contribution in [3.05, 3.63) is 12.2 Å². The first-order valence-electron chi connectivity index (χ1n) is 29.7. The van der Waals surface area contributed by atoms with Crippen molar-refractivity contribution < 1.29 is 66.5 Å². The predicted molar refractivity (Wildman–Crippen MR) is 292 cm³/mol. The van der Waals surface area contributed by atoms with Gasteiger partial charge in [-0.2, -0.15) is 0 Å². The predicted octanol–water partition coefficient (Wildman–Crippen LogP) is 13.2. The third-order valence-corrected chi connectivity index (χ3v) is 12.4. The molecule has 0 N–H and O–H groups in total. The van der Waals surface area contributed by atoms with Gasteiger partial charge in [-0.1, -0.05) is 200 Å². The molecule has 0 amide bonds. The van der Waals surface area contributed by atoms with Crippen LogP contribution in [0.1, 0.15) is 226 Å². The fraction of sp³-hybridized carbons (Fsp3) is 0.915. The van der Waals surface area contributed by atoms with Crippen molar-refractivity contribution in [2.24, 2.45) is 0 Å². The molecule has 0 aromatic carbocycles. The van der Waals surface area contributed by atoms with Gasteiger partial charge in [0.15, 0.2) is 6.10 Å². The van der Waals surface area contributed by atoms with E-state index >= 15 is 0 Å². The molecule has 0 bridgehead atoms. The van der Waals surface area contributed by atoms with Gasteiger partial charge < -0.3 is 52.1 Å². The van der Waals surface area contributed by atoms with Crippen LogP contribution < -0.4 is 0 Å². The number of carbonyl (C=O) groups is 3. The smallest absolute Gasteiger partial charge is 0.333 e. The Morgan fingerprint density at radius 1 is 0.315 bits per heavy atom. The van der Waals surface area contributed by atoms with E-state index in [9.17, 15) is 14.4 Å². The molecule has 1 atom stereocenters. The van der Waals surface area contributed by atoms with Crippen LogP contribution in [0, 0.1) is 0 Å². The summed E-state index contributed by atoms with van der Waals surface area (Å²) in [6.45, 7) is 16.3. The molecule has 432 valence electrons. The summed E-state index contributed by atoms with van der Waals surface area (Å²) < 4.78 is 60.7. The van der Waals surface area contributed by atoms with Gasteiger partial charge in [0.2, 0.25) is 0 Å². The van der Waals surface area contributed by atoms with E-state index < -0.39 is 12.1 Å². The van der Waals surface area contributed by atoms with Crippen LogP contribution in [-0.2, 0) is 66.5 Å². The van der Waals surface area contributed by atoms with E-state index in [2.05, 4.69) is 20.4 Å². The minimum atomic E-state index is -0.654. The van der Waals surface area contributed by atoms with E-state index in [4.69, 9.17) is 52.1 Å². The van der Waals surface area contributed by atoms with E-state index in [0.29, 0.717) is 118 Å². The van der Waals surface area contributed by atoms with Crippen molar-refractivity contribution in [3.8, 4) is 0 Å². The zero-order chi connectivity index (χ0) is 53.0. The molecule has 14 nitrogen and oxygen atoms in total. The summed E-state index contributed by atoms with van der Waals surface area (Å²) in [5.41, 5.74) is 0.365. The van der Waals surface area contributed by atoms with Gasteiger partial charge >= 0.3 is 17.9 Å². The molecule has 0 aromatic rings. The van der Waals surface area contributed by atoms with Crippen molar-refractivity contribution in [2.45, 2.75) is 232 Å². The Hall–Kier alpha value is -2.17. The number of hydrogen-bond donors (Lipinski definition) is 0. The average molecular weight is 1050 g/mol. The Morgan fingerprint density at radius 2 is 0.575 bits per heavy atom. The summed E-state index contributed by atoms with van der Waals surface area (Å²) in [6.07, 6.45) is 38.3. The highest BCUT2D eigenvalue weighted by molar-refractivity contribution is 5.86. The highest BCUT2D eigenvalue weighted by atomic mass is 16.6. The van der Waals surface area contributed by atoms with Gasteiger partial charge in [-0.25, -0.2) is 4.79 Å². The van der Waals surface area contributed by atoms with Gasteiger partial charge in [-0.05, 0) is 19.8 Å². The second kappa shape index (κ2) is 60.7. The minimum Gasteiger partial charge on any atom is -0.462 e. The van der Waals surface area contributed by atoms with E-state index in [-0.39, 0.29) is 31.8 Å². The molecule has 0 radical (unpaired) electrons. The Labute approximate surface area is 446 Å². The van der Waals surface area contributed by atoms with Crippen LogP contribution in [0.25, 0.3) is 0 Å². The highest BCUT2D eigenvalue weighted by Crippen LogP contribution is 2.16. The summed E-state index contributed by atoms with van der Waals surface area (Å²) in [5.74, 6) is -0.939. The van der Waals surface area contributed by atoms with Gasteiger partial charge in [-0.3, -0.25) is 9.59 Å². The maximum absolute atomic E-state index is 12.8. The lowest BCUT2D eigenvalue weighted by molar-refractivity contribution is -0.163. The Balaban J connectivity index is 4.09. The van der Waals surface area contributed by atoms with Crippen LogP contribution in [0.15, 0.2) is 12.2 Å². The molecule has 0 saturated heterocycles. The molecule has 0 spiro atoms. The first kappa shape index (κ1) is 70.8. The van der Waals surface area contributed by atoms with Crippen LogP contribution in [0.5, 0.6) is 0 Å². The lowest BCUT2D eigenvalue weighted by Gasteiger charge is -2.18. The summed E-state index contributed by atoms with van der Waals surface area (Å²) in [7, 11) is 0. The Morgan fingerprint density at radius 3 is 0.877 bits per heavy atom. The summed E-state index contributed by atoms with van der Waals surface area (Å²) >= 11 is 0. The molecule has 0 fully saturated rings. The number of rotatable bonds is 62. The molecule has 73 heavy (non-hydrogen) atoms. The molecule has 0 aromatic heterocycles.